The van der Waals surface area contributed by atoms with Crippen LogP contribution >= 0.6 is 0 Å². The van der Waals surface area contributed by atoms with E-state index in [1.165, 1.54) is 0 Å². The zero-order valence-corrected chi connectivity index (χ0v) is 9.84. The average Bonchev–Trinajstić information content (AvgIpc) is 2.74. The van der Waals surface area contributed by atoms with Gasteiger partial charge in [-0.15, -0.1) is 0 Å². The number of nitrogens with zero attached hydrogens (tertiary/aromatic N) is 1. The number of hydrogen-bond donors (Lipinski definition) is 2. The molecule has 1 aromatic heterocycles. The van der Waals surface area contributed by atoms with Crippen LogP contribution in [0.25, 0.3) is 11.0 Å². The number of furan rings is 1. The Bertz CT molecular complexity index is 476. The van der Waals surface area contributed by atoms with Gasteiger partial charge >= 0.3 is 0 Å². The van der Waals surface area contributed by atoms with E-state index in [0.29, 0.717) is 6.54 Å². The average molecular weight is 235 g/mol. The number of fused-ring (bicyclic) bond motifs is 1. The summed E-state index contributed by atoms with van der Waals surface area (Å²) in [7, 11) is 1.87. The quantitative estimate of drug-likeness (QED) is 0.818. The normalized spacial score (nSPS) is 11.8. The van der Waals surface area contributed by atoms with Gasteiger partial charge in [-0.25, -0.2) is 0 Å². The Balaban J connectivity index is 2.18. The number of rotatable bonds is 5. The number of aliphatic hydroxyl groups is 2. The third-order valence-corrected chi connectivity index (χ3v) is 3.03. The van der Waals surface area contributed by atoms with Crippen LogP contribution in [0.3, 0.4) is 0 Å². The molecule has 0 aliphatic heterocycles. The van der Waals surface area contributed by atoms with Gasteiger partial charge in [0, 0.05) is 17.5 Å². The standard InChI is InChI=1S/C13H17NO3/c1-14(11(7-15)8-16)6-10-9-17-13-5-3-2-4-12(10)13/h2-5,9,11,15-16H,6-8H2,1H3. The molecule has 4 nitrogen and oxygen atoms in total. The fourth-order valence-electron chi connectivity index (χ4n) is 1.89. The summed E-state index contributed by atoms with van der Waals surface area (Å²) < 4.78 is 5.45. The molecular weight excluding hydrogens is 218 g/mol. The van der Waals surface area contributed by atoms with E-state index in [1.54, 1.807) is 6.26 Å². The predicted molar refractivity (Wildman–Crippen MR) is 65.6 cm³/mol. The molecule has 0 amide bonds. The Labute approximate surface area is 100 Å². The monoisotopic (exact) mass is 235 g/mol. The third kappa shape index (κ3) is 2.49. The van der Waals surface area contributed by atoms with Gasteiger partial charge in [0.05, 0.1) is 25.5 Å². The largest absolute Gasteiger partial charge is 0.464 e. The summed E-state index contributed by atoms with van der Waals surface area (Å²) in [6, 6.07) is 7.60. The Morgan fingerprint density at radius 1 is 1.24 bits per heavy atom. The summed E-state index contributed by atoms with van der Waals surface area (Å²) >= 11 is 0. The van der Waals surface area contributed by atoms with E-state index in [-0.39, 0.29) is 19.3 Å². The van der Waals surface area contributed by atoms with Crippen molar-refractivity contribution in [3.63, 3.8) is 0 Å². The lowest BCUT2D eigenvalue weighted by atomic mass is 10.1. The van der Waals surface area contributed by atoms with Crippen LogP contribution in [0.4, 0.5) is 0 Å². The minimum Gasteiger partial charge on any atom is -0.464 e. The van der Waals surface area contributed by atoms with Gasteiger partial charge < -0.3 is 14.6 Å². The first-order valence-corrected chi connectivity index (χ1v) is 5.63. The van der Waals surface area contributed by atoms with Crippen molar-refractivity contribution in [2.45, 2.75) is 12.6 Å². The van der Waals surface area contributed by atoms with Gasteiger partial charge in [-0.3, -0.25) is 4.90 Å². The van der Waals surface area contributed by atoms with Crippen molar-refractivity contribution in [1.82, 2.24) is 4.90 Å². The first-order chi connectivity index (χ1) is 8.26. The molecule has 0 unspecified atom stereocenters. The van der Waals surface area contributed by atoms with Gasteiger partial charge in [0.2, 0.25) is 0 Å². The lowest BCUT2D eigenvalue weighted by Gasteiger charge is -2.23. The molecule has 0 atom stereocenters. The van der Waals surface area contributed by atoms with Crippen LogP contribution in [0.15, 0.2) is 34.9 Å². The summed E-state index contributed by atoms with van der Waals surface area (Å²) in [5.41, 5.74) is 1.93. The fourth-order valence-corrected chi connectivity index (χ4v) is 1.89. The highest BCUT2D eigenvalue weighted by molar-refractivity contribution is 5.80. The van der Waals surface area contributed by atoms with Crippen LogP contribution in [0.2, 0.25) is 0 Å². The van der Waals surface area contributed by atoms with E-state index in [2.05, 4.69) is 0 Å². The summed E-state index contributed by atoms with van der Waals surface area (Å²) in [5, 5.41) is 19.3. The molecule has 0 bridgehead atoms. The molecule has 0 saturated carbocycles. The lowest BCUT2D eigenvalue weighted by molar-refractivity contribution is 0.0874. The van der Waals surface area contributed by atoms with E-state index in [9.17, 15) is 0 Å². The molecule has 92 valence electrons. The van der Waals surface area contributed by atoms with Gasteiger partial charge in [-0.1, -0.05) is 18.2 Å². The summed E-state index contributed by atoms with van der Waals surface area (Å²) in [5.74, 6) is 0. The molecule has 1 heterocycles. The first-order valence-electron chi connectivity index (χ1n) is 5.63. The molecule has 0 aliphatic rings. The second kappa shape index (κ2) is 5.31. The maximum absolute atomic E-state index is 9.11. The molecular formula is C13H17NO3. The highest BCUT2D eigenvalue weighted by Gasteiger charge is 2.15. The molecule has 2 aromatic rings. The molecule has 0 fully saturated rings. The molecule has 0 radical (unpaired) electrons. The summed E-state index contributed by atoms with van der Waals surface area (Å²) in [6.07, 6.45) is 1.73. The summed E-state index contributed by atoms with van der Waals surface area (Å²) in [6.45, 7) is 0.536. The van der Waals surface area contributed by atoms with Crippen LogP contribution in [0, 0.1) is 0 Å². The SMILES string of the molecule is CN(Cc1coc2ccccc12)C(CO)CO. The van der Waals surface area contributed by atoms with Crippen LogP contribution in [-0.2, 0) is 6.54 Å². The minimum atomic E-state index is -0.233. The van der Waals surface area contributed by atoms with Gasteiger partial charge in [-0.05, 0) is 13.1 Å². The van der Waals surface area contributed by atoms with Gasteiger partial charge in [-0.2, -0.15) is 0 Å². The van der Waals surface area contributed by atoms with Crippen molar-refractivity contribution in [2.75, 3.05) is 20.3 Å². The number of likely N-dealkylation sites (N-methyl/N-ethyl adjacent to an activating group) is 1. The zero-order chi connectivity index (χ0) is 12.3. The topological polar surface area (TPSA) is 56.8 Å². The molecule has 0 aliphatic carbocycles. The Hall–Kier alpha value is -1.36. The molecule has 17 heavy (non-hydrogen) atoms. The van der Waals surface area contributed by atoms with Gasteiger partial charge in [0.15, 0.2) is 0 Å². The summed E-state index contributed by atoms with van der Waals surface area (Å²) in [4.78, 5) is 1.91. The Morgan fingerprint density at radius 3 is 2.65 bits per heavy atom. The van der Waals surface area contributed by atoms with Crippen LogP contribution in [-0.4, -0.2) is 41.4 Å². The molecule has 0 saturated heterocycles. The van der Waals surface area contributed by atoms with Crippen molar-refractivity contribution in [2.24, 2.45) is 0 Å². The fraction of sp³-hybridized carbons (Fsp3) is 0.385. The zero-order valence-electron chi connectivity index (χ0n) is 9.84. The number of aliphatic hydroxyl groups excluding tert-OH is 2. The smallest absolute Gasteiger partial charge is 0.134 e. The highest BCUT2D eigenvalue weighted by atomic mass is 16.3. The number of para-hydroxylation sites is 1. The van der Waals surface area contributed by atoms with Gasteiger partial charge in [0.25, 0.3) is 0 Å². The minimum absolute atomic E-state index is 0.0528. The maximum atomic E-state index is 9.11. The van der Waals surface area contributed by atoms with Crippen LogP contribution in [0.5, 0.6) is 0 Å². The Kier molecular flexibility index (Phi) is 3.78. The van der Waals surface area contributed by atoms with Crippen molar-refractivity contribution in [1.29, 1.82) is 0 Å². The van der Waals surface area contributed by atoms with Gasteiger partial charge in [0.1, 0.15) is 5.58 Å². The number of benzene rings is 1. The first kappa shape index (κ1) is 12.1. The van der Waals surface area contributed by atoms with Crippen LogP contribution < -0.4 is 0 Å². The van der Waals surface area contributed by atoms with Crippen molar-refractivity contribution in [3.8, 4) is 0 Å². The van der Waals surface area contributed by atoms with Crippen LogP contribution in [0.1, 0.15) is 5.56 Å². The van der Waals surface area contributed by atoms with E-state index in [1.807, 2.05) is 36.2 Å². The second-order valence-corrected chi connectivity index (χ2v) is 4.19. The van der Waals surface area contributed by atoms with E-state index < -0.39 is 0 Å². The maximum Gasteiger partial charge on any atom is 0.134 e. The second-order valence-electron chi connectivity index (χ2n) is 4.19. The van der Waals surface area contributed by atoms with Crippen molar-refractivity contribution < 1.29 is 14.6 Å². The molecule has 2 N–H and O–H groups in total. The van der Waals surface area contributed by atoms with E-state index >= 15 is 0 Å². The molecule has 1 aromatic carbocycles. The lowest BCUT2D eigenvalue weighted by Crippen LogP contribution is -2.37. The van der Waals surface area contributed by atoms with Crippen molar-refractivity contribution >= 4 is 11.0 Å². The number of hydrogen-bond acceptors (Lipinski definition) is 4. The highest BCUT2D eigenvalue weighted by Crippen LogP contribution is 2.22. The molecule has 4 heteroatoms. The third-order valence-electron chi connectivity index (χ3n) is 3.03. The molecule has 0 spiro atoms. The predicted octanol–water partition coefficient (Wildman–Crippen LogP) is 1.22. The molecule has 2 rings (SSSR count). The van der Waals surface area contributed by atoms with E-state index in [4.69, 9.17) is 14.6 Å². The van der Waals surface area contributed by atoms with Crippen molar-refractivity contribution in [3.05, 3.63) is 36.1 Å². The Morgan fingerprint density at radius 2 is 1.94 bits per heavy atom. The van der Waals surface area contributed by atoms with E-state index in [0.717, 1.165) is 16.5 Å².